The Hall–Kier alpha value is -3.85. The van der Waals surface area contributed by atoms with E-state index in [9.17, 15) is 18.8 Å². The summed E-state index contributed by atoms with van der Waals surface area (Å²) in [5, 5.41) is 3.30. The molecule has 2 aromatic carbocycles. The zero-order chi connectivity index (χ0) is 23.5. The number of hydrogen-bond donors (Lipinski definition) is 1. The average Bonchev–Trinajstić information content (AvgIpc) is 3.11. The number of nitrogens with zero attached hydrogens (tertiary/aromatic N) is 2. The number of amides is 1. The summed E-state index contributed by atoms with van der Waals surface area (Å²) in [7, 11) is 0. The molecule has 0 spiro atoms. The lowest BCUT2D eigenvalue weighted by Crippen LogP contribution is -2.28. The second kappa shape index (κ2) is 9.33. The predicted molar refractivity (Wildman–Crippen MR) is 125 cm³/mol. The van der Waals surface area contributed by atoms with E-state index in [-0.39, 0.29) is 29.6 Å². The first-order valence-electron chi connectivity index (χ1n) is 10.2. The number of nitrogens with one attached hydrogen (secondary N) is 1. The Morgan fingerprint density at radius 1 is 1.18 bits per heavy atom. The van der Waals surface area contributed by atoms with E-state index in [0.29, 0.717) is 10.6 Å². The number of carbonyl (C=O) groups is 2. The fraction of sp³-hybridized carbons (Fsp3) is 0.167. The van der Waals surface area contributed by atoms with Gasteiger partial charge < -0.3 is 10.1 Å². The molecule has 0 atom stereocenters. The van der Waals surface area contributed by atoms with Crippen molar-refractivity contribution in [1.29, 1.82) is 0 Å². The number of benzene rings is 2. The van der Waals surface area contributed by atoms with Crippen LogP contribution >= 0.6 is 11.3 Å². The van der Waals surface area contributed by atoms with Gasteiger partial charge in [0.25, 0.3) is 5.56 Å². The molecule has 0 bridgehead atoms. The summed E-state index contributed by atoms with van der Waals surface area (Å²) in [4.78, 5) is 43.2. The van der Waals surface area contributed by atoms with Crippen molar-refractivity contribution in [3.63, 3.8) is 0 Å². The number of aryl methyl sites for hydroxylation is 1. The number of anilines is 1. The Morgan fingerprint density at radius 2 is 1.94 bits per heavy atom. The van der Waals surface area contributed by atoms with Gasteiger partial charge in [0, 0.05) is 16.5 Å². The third kappa shape index (κ3) is 4.54. The number of ether oxygens (including phenoxy) is 1. The highest BCUT2D eigenvalue weighted by atomic mass is 32.1. The van der Waals surface area contributed by atoms with Crippen LogP contribution in [0.15, 0.2) is 59.7 Å². The molecule has 0 aliphatic rings. The van der Waals surface area contributed by atoms with Crippen molar-refractivity contribution < 1.29 is 18.7 Å². The van der Waals surface area contributed by atoms with E-state index in [1.807, 2.05) is 37.3 Å². The molecule has 0 aliphatic carbocycles. The highest BCUT2D eigenvalue weighted by Gasteiger charge is 2.25. The third-order valence-corrected chi connectivity index (χ3v) is 6.00. The monoisotopic (exact) mass is 465 g/mol. The van der Waals surface area contributed by atoms with Crippen LogP contribution in [0.2, 0.25) is 0 Å². The molecule has 2 aromatic heterocycles. The van der Waals surface area contributed by atoms with E-state index < -0.39 is 23.3 Å². The summed E-state index contributed by atoms with van der Waals surface area (Å²) in [5.74, 6) is -1.55. The zero-order valence-corrected chi connectivity index (χ0v) is 18.7. The van der Waals surface area contributed by atoms with Crippen LogP contribution in [0, 0.1) is 12.7 Å². The third-order valence-electron chi connectivity index (χ3n) is 4.98. The van der Waals surface area contributed by atoms with Crippen molar-refractivity contribution in [3.05, 3.63) is 81.5 Å². The maximum Gasteiger partial charge on any atom is 0.341 e. The summed E-state index contributed by atoms with van der Waals surface area (Å²) in [6.45, 7) is 3.44. The SMILES string of the molecule is CCOC(=O)c1c(NC(=O)Cn2cnc3cc(F)ccc3c2=O)sc(C)c1-c1ccccc1. The lowest BCUT2D eigenvalue weighted by atomic mass is 10.0. The van der Waals surface area contributed by atoms with Gasteiger partial charge in [0.1, 0.15) is 22.9 Å². The molecule has 7 nitrogen and oxygen atoms in total. The molecule has 0 saturated heterocycles. The number of esters is 1. The Balaban J connectivity index is 1.66. The van der Waals surface area contributed by atoms with Gasteiger partial charge in [-0.05, 0) is 31.5 Å². The van der Waals surface area contributed by atoms with E-state index in [4.69, 9.17) is 4.74 Å². The molecule has 33 heavy (non-hydrogen) atoms. The second-order valence-electron chi connectivity index (χ2n) is 7.21. The topological polar surface area (TPSA) is 90.3 Å². The van der Waals surface area contributed by atoms with Crippen LogP contribution in [-0.4, -0.2) is 28.0 Å². The first kappa shape index (κ1) is 22.3. The second-order valence-corrected chi connectivity index (χ2v) is 8.44. The molecule has 0 aliphatic heterocycles. The van der Waals surface area contributed by atoms with Gasteiger partial charge in [-0.1, -0.05) is 30.3 Å². The Morgan fingerprint density at radius 3 is 2.67 bits per heavy atom. The Kier molecular flexibility index (Phi) is 6.32. The lowest BCUT2D eigenvalue weighted by molar-refractivity contribution is -0.116. The van der Waals surface area contributed by atoms with E-state index in [0.717, 1.165) is 21.1 Å². The molecule has 1 N–H and O–H groups in total. The van der Waals surface area contributed by atoms with Gasteiger partial charge >= 0.3 is 5.97 Å². The van der Waals surface area contributed by atoms with Crippen molar-refractivity contribution in [1.82, 2.24) is 9.55 Å². The van der Waals surface area contributed by atoms with Gasteiger partial charge in [-0.15, -0.1) is 11.3 Å². The van der Waals surface area contributed by atoms with Crippen LogP contribution in [0.3, 0.4) is 0 Å². The van der Waals surface area contributed by atoms with Gasteiger partial charge in [0.15, 0.2) is 0 Å². The number of fused-ring (bicyclic) bond motifs is 1. The van der Waals surface area contributed by atoms with Crippen molar-refractivity contribution in [3.8, 4) is 11.1 Å². The molecular weight excluding hydrogens is 445 g/mol. The van der Waals surface area contributed by atoms with E-state index >= 15 is 0 Å². The molecule has 4 aromatic rings. The minimum absolute atomic E-state index is 0.189. The summed E-state index contributed by atoms with van der Waals surface area (Å²) in [6, 6.07) is 13.0. The molecule has 1 amide bonds. The Labute approximate surface area is 192 Å². The average molecular weight is 466 g/mol. The number of aromatic nitrogens is 2. The van der Waals surface area contributed by atoms with Crippen LogP contribution in [0.4, 0.5) is 9.39 Å². The largest absolute Gasteiger partial charge is 0.462 e. The van der Waals surface area contributed by atoms with Gasteiger partial charge in [0.2, 0.25) is 5.91 Å². The van der Waals surface area contributed by atoms with Gasteiger partial charge in [-0.25, -0.2) is 14.2 Å². The number of halogens is 1. The highest BCUT2D eigenvalue weighted by Crippen LogP contribution is 2.40. The normalized spacial score (nSPS) is 10.9. The summed E-state index contributed by atoms with van der Waals surface area (Å²) < 4.78 is 19.8. The first-order valence-corrected chi connectivity index (χ1v) is 11.0. The van der Waals surface area contributed by atoms with Crippen LogP contribution in [0.5, 0.6) is 0 Å². The number of rotatable bonds is 6. The maximum absolute atomic E-state index is 13.4. The number of carbonyl (C=O) groups excluding carboxylic acids is 2. The zero-order valence-electron chi connectivity index (χ0n) is 17.9. The smallest absolute Gasteiger partial charge is 0.341 e. The summed E-state index contributed by atoms with van der Waals surface area (Å²) in [6.07, 6.45) is 1.20. The van der Waals surface area contributed by atoms with Crippen LogP contribution in [0.1, 0.15) is 22.2 Å². The molecule has 2 heterocycles. The quantitative estimate of drug-likeness (QED) is 0.427. The van der Waals surface area contributed by atoms with Crippen LogP contribution in [-0.2, 0) is 16.1 Å². The minimum atomic E-state index is -0.539. The minimum Gasteiger partial charge on any atom is -0.462 e. The van der Waals surface area contributed by atoms with Crippen molar-refractivity contribution in [2.45, 2.75) is 20.4 Å². The summed E-state index contributed by atoms with van der Waals surface area (Å²) >= 11 is 1.26. The molecular formula is C24H20FN3O4S. The molecule has 9 heteroatoms. The van der Waals surface area contributed by atoms with Crippen molar-refractivity contribution in [2.24, 2.45) is 0 Å². The number of hydrogen-bond acceptors (Lipinski definition) is 6. The van der Waals surface area contributed by atoms with Crippen LogP contribution in [0.25, 0.3) is 22.0 Å². The lowest BCUT2D eigenvalue weighted by Gasteiger charge is -2.10. The Bertz CT molecular complexity index is 1410. The predicted octanol–water partition coefficient (Wildman–Crippen LogP) is 4.39. The molecule has 0 saturated carbocycles. The van der Waals surface area contributed by atoms with Crippen molar-refractivity contribution in [2.75, 3.05) is 11.9 Å². The first-order chi connectivity index (χ1) is 15.9. The maximum atomic E-state index is 13.4. The molecule has 0 fully saturated rings. The molecule has 168 valence electrons. The van der Waals surface area contributed by atoms with Crippen LogP contribution < -0.4 is 10.9 Å². The van der Waals surface area contributed by atoms with Crippen molar-refractivity contribution >= 4 is 39.1 Å². The van der Waals surface area contributed by atoms with Gasteiger partial charge in [-0.2, -0.15) is 0 Å². The molecule has 4 rings (SSSR count). The van der Waals surface area contributed by atoms with E-state index in [2.05, 4.69) is 10.3 Å². The molecule has 0 radical (unpaired) electrons. The van der Waals surface area contributed by atoms with Gasteiger partial charge in [-0.3, -0.25) is 14.2 Å². The fourth-order valence-corrected chi connectivity index (χ4v) is 4.63. The fourth-order valence-electron chi connectivity index (χ4n) is 3.55. The van der Waals surface area contributed by atoms with E-state index in [1.165, 1.54) is 29.8 Å². The van der Waals surface area contributed by atoms with E-state index in [1.54, 1.807) is 6.92 Å². The standard InChI is InChI=1S/C24H20FN3O4S/c1-3-32-24(31)21-20(15-7-5-4-6-8-15)14(2)33-22(21)27-19(29)12-28-13-26-18-11-16(25)9-10-17(18)23(28)30/h4-11,13H,3,12H2,1-2H3,(H,27,29). The molecule has 0 unspecified atom stereocenters. The summed E-state index contributed by atoms with van der Waals surface area (Å²) in [5.41, 5.74) is 1.55. The number of thiophene rings is 1. The van der Waals surface area contributed by atoms with Gasteiger partial charge in [0.05, 0.1) is 23.8 Å². The highest BCUT2D eigenvalue weighted by molar-refractivity contribution is 7.17.